The molecule has 3 aromatic rings. The molecular weight excluding hydrogens is 371 g/mol. The fraction of sp³-hybridized carbons (Fsp3) is 0.278. The number of benzene rings is 1. The van der Waals surface area contributed by atoms with Gasteiger partial charge in [-0.3, -0.25) is 19.5 Å². The number of rotatable bonds is 5. The molecule has 1 fully saturated rings. The normalized spacial score (nSPS) is 13.6. The van der Waals surface area contributed by atoms with Crippen LogP contribution in [0.3, 0.4) is 0 Å². The van der Waals surface area contributed by atoms with Gasteiger partial charge < -0.3 is 9.30 Å². The predicted octanol–water partition coefficient (Wildman–Crippen LogP) is 2.75. The summed E-state index contributed by atoms with van der Waals surface area (Å²) in [6.07, 6.45) is 6.73. The van der Waals surface area contributed by atoms with E-state index in [0.29, 0.717) is 0 Å². The summed E-state index contributed by atoms with van der Waals surface area (Å²) < 4.78 is 22.5. The molecule has 0 unspecified atom stereocenters. The second-order valence-electron chi connectivity index (χ2n) is 6.41. The highest BCUT2D eigenvalue weighted by atomic mass is 19.1. The van der Waals surface area contributed by atoms with E-state index >= 15 is 0 Å². The first kappa shape index (κ1) is 17.8. The Bertz CT molecular complexity index is 1170. The van der Waals surface area contributed by atoms with E-state index in [0.717, 1.165) is 18.9 Å². The number of carbonyl (C=O) groups excluding carboxylic acids is 1. The fourth-order valence-electron chi connectivity index (χ4n) is 3.26. The lowest BCUT2D eigenvalue weighted by Crippen LogP contribution is -2.22. The summed E-state index contributed by atoms with van der Waals surface area (Å²) in [5.41, 5.74) is -1.95. The van der Waals surface area contributed by atoms with Crippen molar-refractivity contribution in [3.8, 4) is 5.69 Å². The number of nitro benzene ring substituents is 1. The topological polar surface area (TPSA) is 109 Å². The van der Waals surface area contributed by atoms with Crippen LogP contribution in [0.15, 0.2) is 35.8 Å². The van der Waals surface area contributed by atoms with Crippen LogP contribution in [0, 0.1) is 15.9 Å². The summed E-state index contributed by atoms with van der Waals surface area (Å²) in [7, 11) is 0. The molecule has 2 heterocycles. The van der Waals surface area contributed by atoms with E-state index in [-0.39, 0.29) is 34.8 Å². The van der Waals surface area contributed by atoms with Gasteiger partial charge in [-0.25, -0.2) is 14.2 Å². The quantitative estimate of drug-likeness (QED) is 0.379. The molecule has 0 atom stereocenters. The van der Waals surface area contributed by atoms with Crippen molar-refractivity contribution in [1.29, 1.82) is 0 Å². The summed E-state index contributed by atoms with van der Waals surface area (Å²) in [6, 6.07) is 0.817. The monoisotopic (exact) mass is 386 g/mol. The molecule has 4 rings (SSSR count). The van der Waals surface area contributed by atoms with E-state index < -0.39 is 27.8 Å². The van der Waals surface area contributed by atoms with E-state index in [1.165, 1.54) is 34.1 Å². The number of ether oxygens (including phenoxy) is 1. The molecule has 0 spiro atoms. The molecule has 1 saturated carbocycles. The largest absolute Gasteiger partial charge is 0.462 e. The molecule has 0 radical (unpaired) electrons. The van der Waals surface area contributed by atoms with Gasteiger partial charge in [0.15, 0.2) is 11.5 Å². The van der Waals surface area contributed by atoms with Crippen molar-refractivity contribution in [3.05, 3.63) is 62.7 Å². The second-order valence-corrected chi connectivity index (χ2v) is 6.41. The first-order chi connectivity index (χ1) is 13.4. The highest BCUT2D eigenvalue weighted by Crippen LogP contribution is 2.41. The molecule has 0 saturated heterocycles. The van der Waals surface area contributed by atoms with Gasteiger partial charge in [0.25, 0.3) is 0 Å². The summed E-state index contributed by atoms with van der Waals surface area (Å²) in [4.78, 5) is 40.0. The maximum Gasteiger partial charge on any atom is 0.343 e. The summed E-state index contributed by atoms with van der Waals surface area (Å²) in [5, 5.41) is 11.7. The Balaban J connectivity index is 2.15. The van der Waals surface area contributed by atoms with Crippen molar-refractivity contribution in [3.63, 3.8) is 0 Å². The van der Waals surface area contributed by atoms with Crippen LogP contribution in [0.25, 0.3) is 16.6 Å². The maximum absolute atomic E-state index is 14.9. The Hall–Kier alpha value is -3.56. The zero-order valence-corrected chi connectivity index (χ0v) is 14.8. The average Bonchev–Trinajstić information content (AvgIpc) is 3.35. The number of esters is 1. The number of hydrogen-bond acceptors (Lipinski definition) is 6. The fourth-order valence-corrected chi connectivity index (χ4v) is 3.26. The van der Waals surface area contributed by atoms with E-state index in [2.05, 4.69) is 4.98 Å². The van der Waals surface area contributed by atoms with Crippen LogP contribution >= 0.6 is 0 Å². The molecule has 10 heteroatoms. The minimum Gasteiger partial charge on any atom is -0.462 e. The van der Waals surface area contributed by atoms with E-state index in [4.69, 9.17) is 4.74 Å². The van der Waals surface area contributed by atoms with Gasteiger partial charge in [-0.1, -0.05) is 0 Å². The zero-order chi connectivity index (χ0) is 20.0. The number of halogens is 1. The minimum atomic E-state index is -0.961. The predicted molar refractivity (Wildman–Crippen MR) is 96.2 cm³/mol. The van der Waals surface area contributed by atoms with Gasteiger partial charge in [-0.15, -0.1) is 0 Å². The van der Waals surface area contributed by atoms with Gasteiger partial charge >= 0.3 is 11.7 Å². The van der Waals surface area contributed by atoms with Crippen LogP contribution in [0.5, 0.6) is 0 Å². The molecule has 0 N–H and O–H groups in total. The number of carbonyl (C=O) groups is 1. The number of fused-ring (bicyclic) bond motifs is 1. The molecule has 2 aromatic heterocycles. The molecule has 1 aromatic carbocycles. The third-order valence-electron chi connectivity index (χ3n) is 4.60. The average molecular weight is 386 g/mol. The van der Waals surface area contributed by atoms with Gasteiger partial charge in [0.2, 0.25) is 5.43 Å². The van der Waals surface area contributed by atoms with Crippen molar-refractivity contribution >= 4 is 22.6 Å². The van der Waals surface area contributed by atoms with Gasteiger partial charge in [0.05, 0.1) is 23.2 Å². The lowest BCUT2D eigenvalue weighted by Gasteiger charge is -2.15. The van der Waals surface area contributed by atoms with Gasteiger partial charge in [-0.2, -0.15) is 0 Å². The third kappa shape index (κ3) is 2.73. The summed E-state index contributed by atoms with van der Waals surface area (Å²) >= 11 is 0. The standard InChI is InChI=1S/C18H15FN4O5/c1-2-28-18(25)12-8-22(10-3-4-10)14-11(17(12)24)7-13(19)15(16(14)23(26)27)21-6-5-20-9-21/h5-10H,2-4H2,1H3. The van der Waals surface area contributed by atoms with Crippen LogP contribution in [-0.4, -0.2) is 31.6 Å². The van der Waals surface area contributed by atoms with Gasteiger partial charge in [0, 0.05) is 24.6 Å². The number of hydrogen-bond donors (Lipinski definition) is 0. The smallest absolute Gasteiger partial charge is 0.343 e. The van der Waals surface area contributed by atoms with Crippen LogP contribution in [0.2, 0.25) is 0 Å². The Morgan fingerprint density at radius 2 is 2.21 bits per heavy atom. The van der Waals surface area contributed by atoms with Crippen LogP contribution in [0.4, 0.5) is 10.1 Å². The van der Waals surface area contributed by atoms with Crippen LogP contribution in [0.1, 0.15) is 36.2 Å². The van der Waals surface area contributed by atoms with Gasteiger partial charge in [-0.05, 0) is 25.8 Å². The lowest BCUT2D eigenvalue weighted by molar-refractivity contribution is -0.383. The first-order valence-corrected chi connectivity index (χ1v) is 8.65. The highest BCUT2D eigenvalue weighted by Gasteiger charge is 2.34. The molecular formula is C18H15FN4O5. The van der Waals surface area contributed by atoms with E-state index in [1.54, 1.807) is 6.92 Å². The lowest BCUT2D eigenvalue weighted by atomic mass is 10.1. The van der Waals surface area contributed by atoms with E-state index in [1.807, 2.05) is 0 Å². The van der Waals surface area contributed by atoms with Crippen molar-refractivity contribution < 1.29 is 18.8 Å². The number of nitro groups is 1. The zero-order valence-electron chi connectivity index (χ0n) is 14.8. The maximum atomic E-state index is 14.9. The molecule has 0 bridgehead atoms. The Labute approximate surface area is 157 Å². The molecule has 9 nitrogen and oxygen atoms in total. The molecule has 28 heavy (non-hydrogen) atoms. The van der Waals surface area contributed by atoms with Crippen molar-refractivity contribution in [2.45, 2.75) is 25.8 Å². The molecule has 0 aliphatic heterocycles. The van der Waals surface area contributed by atoms with Crippen LogP contribution < -0.4 is 5.43 Å². The molecule has 0 amide bonds. The highest BCUT2D eigenvalue weighted by molar-refractivity contribution is 5.98. The third-order valence-corrected chi connectivity index (χ3v) is 4.60. The first-order valence-electron chi connectivity index (χ1n) is 8.65. The van der Waals surface area contributed by atoms with E-state index in [9.17, 15) is 24.1 Å². The SMILES string of the molecule is CCOC(=O)c1cn(C2CC2)c2c([N+](=O)[O-])c(-n3ccnc3)c(F)cc2c1=O. The molecule has 1 aliphatic rings. The number of pyridine rings is 1. The molecule has 144 valence electrons. The number of imidazole rings is 1. The van der Waals surface area contributed by atoms with Crippen molar-refractivity contribution in [2.75, 3.05) is 6.61 Å². The van der Waals surface area contributed by atoms with Crippen LogP contribution in [-0.2, 0) is 4.74 Å². The second kappa shape index (κ2) is 6.55. The van der Waals surface area contributed by atoms with Crippen molar-refractivity contribution in [2.24, 2.45) is 0 Å². The van der Waals surface area contributed by atoms with Gasteiger partial charge in [0.1, 0.15) is 11.1 Å². The number of aromatic nitrogens is 3. The summed E-state index contributed by atoms with van der Waals surface area (Å²) in [5.74, 6) is -1.80. The summed E-state index contributed by atoms with van der Waals surface area (Å²) in [6.45, 7) is 1.66. The molecule has 1 aliphatic carbocycles. The number of nitrogens with zero attached hydrogens (tertiary/aromatic N) is 4. The Morgan fingerprint density at radius 1 is 1.46 bits per heavy atom. The minimum absolute atomic E-state index is 0.0179. The Morgan fingerprint density at radius 3 is 2.79 bits per heavy atom. The van der Waals surface area contributed by atoms with Crippen molar-refractivity contribution in [1.82, 2.24) is 14.1 Å². The Kier molecular flexibility index (Phi) is 4.17.